The third-order valence-corrected chi connectivity index (χ3v) is 4.87. The van der Waals surface area contributed by atoms with Gasteiger partial charge in [0, 0.05) is 20.4 Å². The number of hydrogen-bond acceptors (Lipinski definition) is 3. The molecule has 2 aromatic rings. The van der Waals surface area contributed by atoms with Gasteiger partial charge < -0.3 is 5.32 Å². The van der Waals surface area contributed by atoms with Crippen LogP contribution < -0.4 is 10.2 Å². The first-order chi connectivity index (χ1) is 10.8. The van der Waals surface area contributed by atoms with E-state index < -0.39 is 0 Å². The van der Waals surface area contributed by atoms with Gasteiger partial charge in [-0.3, -0.25) is 9.69 Å². The number of halogens is 2. The zero-order chi connectivity index (χ0) is 16.6. The van der Waals surface area contributed by atoms with Crippen molar-refractivity contribution in [2.75, 3.05) is 11.4 Å². The van der Waals surface area contributed by atoms with Crippen molar-refractivity contribution in [2.24, 2.45) is 0 Å². The zero-order valence-corrected chi connectivity index (χ0v) is 16.2. The van der Waals surface area contributed by atoms with Crippen LogP contribution in [0.15, 0.2) is 52.3 Å². The third-order valence-electron chi connectivity index (χ3n) is 3.51. The van der Waals surface area contributed by atoms with Gasteiger partial charge in [-0.05, 0) is 51.1 Å². The number of rotatable bonds is 2. The molecular formula is C18H20Cl2N2OS. The van der Waals surface area contributed by atoms with Crippen molar-refractivity contribution in [2.45, 2.75) is 36.1 Å². The summed E-state index contributed by atoms with van der Waals surface area (Å²) >= 11 is 7.82. The molecule has 0 aliphatic carbocycles. The van der Waals surface area contributed by atoms with Crippen molar-refractivity contribution < 1.29 is 4.79 Å². The van der Waals surface area contributed by atoms with Crippen molar-refractivity contribution in [1.29, 1.82) is 0 Å². The third kappa shape index (κ3) is 4.06. The molecule has 3 rings (SSSR count). The maximum absolute atomic E-state index is 12.9. The number of carbonyl (C=O) groups excluding carboxylic acids is 1. The van der Waals surface area contributed by atoms with Gasteiger partial charge in [0.15, 0.2) is 0 Å². The van der Waals surface area contributed by atoms with Crippen LogP contribution in [0.1, 0.15) is 20.8 Å². The SMILES string of the molecule is CC(C)(C)NCC(=O)N1c2ccccc2Sc2ccc(Cl)cc21.Cl. The zero-order valence-electron chi connectivity index (χ0n) is 13.8. The fourth-order valence-electron chi connectivity index (χ4n) is 2.42. The van der Waals surface area contributed by atoms with Gasteiger partial charge in [0.1, 0.15) is 0 Å². The maximum atomic E-state index is 12.9. The maximum Gasteiger partial charge on any atom is 0.245 e. The molecule has 2 aromatic carbocycles. The van der Waals surface area contributed by atoms with E-state index in [9.17, 15) is 4.79 Å². The van der Waals surface area contributed by atoms with E-state index in [0.29, 0.717) is 5.02 Å². The molecule has 1 aliphatic rings. The highest BCUT2D eigenvalue weighted by molar-refractivity contribution is 7.99. The van der Waals surface area contributed by atoms with Crippen LogP contribution in [0, 0.1) is 0 Å². The van der Waals surface area contributed by atoms with Crippen LogP contribution in [-0.4, -0.2) is 18.0 Å². The molecule has 0 saturated carbocycles. The highest BCUT2D eigenvalue weighted by Crippen LogP contribution is 2.48. The Morgan fingerprint density at radius 3 is 2.50 bits per heavy atom. The first-order valence-corrected chi connectivity index (χ1v) is 8.69. The van der Waals surface area contributed by atoms with Crippen molar-refractivity contribution in [1.82, 2.24) is 5.32 Å². The first kappa shape index (κ1) is 19.1. The van der Waals surface area contributed by atoms with Crippen LogP contribution in [-0.2, 0) is 4.79 Å². The summed E-state index contributed by atoms with van der Waals surface area (Å²) in [5.74, 6) is 0.0104. The molecule has 0 saturated heterocycles. The standard InChI is InChI=1S/C18H19ClN2OS.ClH/c1-18(2,3)20-11-17(22)21-13-6-4-5-7-15(13)23-16-9-8-12(19)10-14(16)21;/h4-10,20H,11H2,1-3H3;1H. The van der Waals surface area contributed by atoms with E-state index in [1.165, 1.54) is 0 Å². The largest absolute Gasteiger partial charge is 0.304 e. The van der Waals surface area contributed by atoms with E-state index >= 15 is 0 Å². The summed E-state index contributed by atoms with van der Waals surface area (Å²) < 4.78 is 0. The van der Waals surface area contributed by atoms with E-state index in [1.807, 2.05) is 63.2 Å². The molecule has 0 unspecified atom stereocenters. The van der Waals surface area contributed by atoms with Crippen LogP contribution in [0.5, 0.6) is 0 Å². The summed E-state index contributed by atoms with van der Waals surface area (Å²) in [5.41, 5.74) is 1.64. The fourth-order valence-corrected chi connectivity index (χ4v) is 3.62. The fraction of sp³-hybridized carbons (Fsp3) is 0.278. The number of carbonyl (C=O) groups is 1. The lowest BCUT2D eigenvalue weighted by molar-refractivity contribution is -0.117. The van der Waals surface area contributed by atoms with Gasteiger partial charge in [-0.2, -0.15) is 0 Å². The molecule has 128 valence electrons. The second-order valence-corrected chi connectivity index (χ2v) is 8.03. The van der Waals surface area contributed by atoms with Crippen LogP contribution in [0.2, 0.25) is 5.02 Å². The number of benzene rings is 2. The molecule has 0 spiro atoms. The van der Waals surface area contributed by atoms with Gasteiger partial charge in [0.25, 0.3) is 0 Å². The van der Waals surface area contributed by atoms with E-state index in [4.69, 9.17) is 11.6 Å². The van der Waals surface area contributed by atoms with Gasteiger partial charge >= 0.3 is 0 Å². The molecule has 0 aromatic heterocycles. The lowest BCUT2D eigenvalue weighted by Gasteiger charge is -2.32. The first-order valence-electron chi connectivity index (χ1n) is 7.49. The normalized spacial score (nSPS) is 12.9. The summed E-state index contributed by atoms with van der Waals surface area (Å²) in [6.07, 6.45) is 0. The average molecular weight is 383 g/mol. The highest BCUT2D eigenvalue weighted by Gasteiger charge is 2.28. The molecule has 3 nitrogen and oxygen atoms in total. The lowest BCUT2D eigenvalue weighted by Crippen LogP contribution is -2.44. The smallest absolute Gasteiger partial charge is 0.245 e. The lowest BCUT2D eigenvalue weighted by atomic mass is 10.1. The number of hydrogen-bond donors (Lipinski definition) is 1. The second kappa shape index (κ2) is 7.36. The van der Waals surface area contributed by atoms with Gasteiger partial charge in [-0.25, -0.2) is 0 Å². The minimum absolute atomic E-state index is 0. The van der Waals surface area contributed by atoms with Crippen LogP contribution in [0.4, 0.5) is 11.4 Å². The van der Waals surface area contributed by atoms with Gasteiger partial charge in [0.2, 0.25) is 5.91 Å². The summed E-state index contributed by atoms with van der Waals surface area (Å²) in [6, 6.07) is 13.6. The number of fused-ring (bicyclic) bond motifs is 2. The minimum atomic E-state index is -0.114. The van der Waals surface area contributed by atoms with E-state index in [2.05, 4.69) is 5.32 Å². The number of anilines is 2. The predicted molar refractivity (Wildman–Crippen MR) is 104 cm³/mol. The Bertz CT molecular complexity index is 759. The molecule has 24 heavy (non-hydrogen) atoms. The molecule has 0 fully saturated rings. The van der Waals surface area contributed by atoms with Crippen molar-refractivity contribution in [3.8, 4) is 0 Å². The predicted octanol–water partition coefficient (Wildman–Crippen LogP) is 5.28. The minimum Gasteiger partial charge on any atom is -0.304 e. The molecule has 0 bridgehead atoms. The number of nitrogens with one attached hydrogen (secondary N) is 1. The summed E-state index contributed by atoms with van der Waals surface area (Å²) in [7, 11) is 0. The van der Waals surface area contributed by atoms with Gasteiger partial charge in [0.05, 0.1) is 17.9 Å². The van der Waals surface area contributed by atoms with Gasteiger partial charge in [-0.15, -0.1) is 12.4 Å². The Kier molecular flexibility index (Phi) is 5.87. The Morgan fingerprint density at radius 1 is 1.12 bits per heavy atom. The Hall–Kier alpha value is -1.20. The van der Waals surface area contributed by atoms with Crippen molar-refractivity contribution in [3.63, 3.8) is 0 Å². The summed E-state index contributed by atoms with van der Waals surface area (Å²) in [5, 5.41) is 3.89. The highest BCUT2D eigenvalue weighted by atomic mass is 35.5. The van der Waals surface area contributed by atoms with E-state index in [0.717, 1.165) is 21.2 Å². The van der Waals surface area contributed by atoms with Crippen LogP contribution >= 0.6 is 35.8 Å². The molecule has 1 aliphatic heterocycles. The molecule has 1 N–H and O–H groups in total. The molecule has 0 atom stereocenters. The molecular weight excluding hydrogens is 363 g/mol. The molecule has 6 heteroatoms. The van der Waals surface area contributed by atoms with Crippen LogP contribution in [0.25, 0.3) is 0 Å². The van der Waals surface area contributed by atoms with Crippen molar-refractivity contribution in [3.05, 3.63) is 47.5 Å². The average Bonchev–Trinajstić information content (AvgIpc) is 2.49. The van der Waals surface area contributed by atoms with Gasteiger partial charge in [-0.1, -0.05) is 35.5 Å². The Labute approximate surface area is 158 Å². The Balaban J connectivity index is 0.00000208. The summed E-state index contributed by atoms with van der Waals surface area (Å²) in [4.78, 5) is 16.8. The van der Waals surface area contributed by atoms with Crippen LogP contribution in [0.3, 0.4) is 0 Å². The monoisotopic (exact) mass is 382 g/mol. The second-order valence-electron chi connectivity index (χ2n) is 6.51. The Morgan fingerprint density at radius 2 is 1.79 bits per heavy atom. The number of amides is 1. The van der Waals surface area contributed by atoms with E-state index in [-0.39, 0.29) is 30.4 Å². The topological polar surface area (TPSA) is 32.3 Å². The van der Waals surface area contributed by atoms with E-state index in [1.54, 1.807) is 16.7 Å². The molecule has 0 radical (unpaired) electrons. The number of para-hydroxylation sites is 1. The molecule has 1 amide bonds. The van der Waals surface area contributed by atoms with Crippen molar-refractivity contribution >= 4 is 53.1 Å². The quantitative estimate of drug-likeness (QED) is 0.766. The molecule has 1 heterocycles. The summed E-state index contributed by atoms with van der Waals surface area (Å²) in [6.45, 7) is 6.41. The number of nitrogens with zero attached hydrogens (tertiary/aromatic N) is 1.